The number of aromatic nitrogens is 2. The normalized spacial score (nSPS) is 23.7. The van der Waals surface area contributed by atoms with Gasteiger partial charge in [-0.15, -0.1) is 0 Å². The van der Waals surface area contributed by atoms with Crippen LogP contribution in [-0.2, 0) is 23.3 Å². The molecule has 0 radical (unpaired) electrons. The predicted molar refractivity (Wildman–Crippen MR) is 62.0 cm³/mol. The summed E-state index contributed by atoms with van der Waals surface area (Å²) in [6, 6.07) is 2.11. The van der Waals surface area contributed by atoms with E-state index in [2.05, 4.69) is 10.4 Å². The number of hydrogen-bond acceptors (Lipinski definition) is 4. The van der Waals surface area contributed by atoms with E-state index in [4.69, 9.17) is 0 Å². The van der Waals surface area contributed by atoms with Crippen LogP contribution in [0.4, 0.5) is 0 Å². The van der Waals surface area contributed by atoms with E-state index in [9.17, 15) is 8.42 Å². The summed E-state index contributed by atoms with van der Waals surface area (Å²) in [5.41, 5.74) is 1.04. The Balaban J connectivity index is 1.73. The van der Waals surface area contributed by atoms with Crippen molar-refractivity contribution in [3.05, 3.63) is 18.0 Å². The first-order valence-corrected chi connectivity index (χ1v) is 7.30. The third-order valence-corrected chi connectivity index (χ3v) is 4.58. The average Bonchev–Trinajstić information content (AvgIpc) is 2.73. The summed E-state index contributed by atoms with van der Waals surface area (Å²) in [5.74, 6) is 0.615. The first kappa shape index (κ1) is 11.6. The highest BCUT2D eigenvalue weighted by atomic mass is 32.2. The van der Waals surface area contributed by atoms with E-state index in [1.165, 1.54) is 0 Å². The second kappa shape index (κ2) is 4.55. The third-order valence-electron chi connectivity index (χ3n) is 2.82. The van der Waals surface area contributed by atoms with Crippen molar-refractivity contribution in [2.24, 2.45) is 7.05 Å². The Morgan fingerprint density at radius 2 is 2.44 bits per heavy atom. The molecule has 0 amide bonds. The van der Waals surface area contributed by atoms with Crippen LogP contribution in [0.2, 0.25) is 0 Å². The Morgan fingerprint density at radius 1 is 1.62 bits per heavy atom. The molecule has 2 rings (SSSR count). The van der Waals surface area contributed by atoms with Crippen molar-refractivity contribution in [1.29, 1.82) is 0 Å². The summed E-state index contributed by atoms with van der Waals surface area (Å²) in [6.07, 6.45) is 3.50. The summed E-state index contributed by atoms with van der Waals surface area (Å²) in [4.78, 5) is 0. The van der Waals surface area contributed by atoms with Crippen molar-refractivity contribution < 1.29 is 8.42 Å². The van der Waals surface area contributed by atoms with Gasteiger partial charge in [0.2, 0.25) is 0 Å². The highest BCUT2D eigenvalue weighted by molar-refractivity contribution is 7.91. The smallest absolute Gasteiger partial charge is 0.151 e. The van der Waals surface area contributed by atoms with E-state index in [1.54, 1.807) is 4.68 Å². The fourth-order valence-electron chi connectivity index (χ4n) is 1.96. The summed E-state index contributed by atoms with van der Waals surface area (Å²) in [7, 11) is -0.879. The van der Waals surface area contributed by atoms with Gasteiger partial charge in [-0.1, -0.05) is 0 Å². The lowest BCUT2D eigenvalue weighted by Crippen LogP contribution is -2.31. The van der Waals surface area contributed by atoms with Gasteiger partial charge in [0.25, 0.3) is 0 Å². The molecule has 16 heavy (non-hydrogen) atoms. The van der Waals surface area contributed by atoms with Gasteiger partial charge in [0.1, 0.15) is 0 Å². The number of nitrogens with zero attached hydrogens (tertiary/aromatic N) is 2. The number of sulfone groups is 1. The number of nitrogens with one attached hydrogen (secondary N) is 1. The number of rotatable bonds is 4. The Kier molecular flexibility index (Phi) is 3.30. The molecule has 1 aromatic rings. The maximum Gasteiger partial charge on any atom is 0.151 e. The molecule has 2 heterocycles. The van der Waals surface area contributed by atoms with Gasteiger partial charge in [0.15, 0.2) is 9.84 Å². The largest absolute Gasteiger partial charge is 0.313 e. The van der Waals surface area contributed by atoms with E-state index >= 15 is 0 Å². The molecule has 1 aromatic heterocycles. The van der Waals surface area contributed by atoms with E-state index in [1.807, 2.05) is 19.3 Å². The first-order chi connectivity index (χ1) is 7.55. The molecule has 1 N–H and O–H groups in total. The molecule has 0 aromatic carbocycles. The van der Waals surface area contributed by atoms with Crippen molar-refractivity contribution in [3.63, 3.8) is 0 Å². The zero-order valence-corrected chi connectivity index (χ0v) is 10.2. The van der Waals surface area contributed by atoms with Gasteiger partial charge in [-0.3, -0.25) is 4.68 Å². The summed E-state index contributed by atoms with van der Waals surface area (Å²) < 4.78 is 24.2. The maximum absolute atomic E-state index is 11.2. The van der Waals surface area contributed by atoms with Crippen LogP contribution in [0.1, 0.15) is 12.1 Å². The third kappa shape index (κ3) is 3.05. The van der Waals surface area contributed by atoms with Crippen molar-refractivity contribution in [2.75, 3.05) is 18.1 Å². The predicted octanol–water partition coefficient (Wildman–Crippen LogP) is -0.261. The molecule has 1 unspecified atom stereocenters. The number of hydrogen-bond donors (Lipinski definition) is 1. The summed E-state index contributed by atoms with van der Waals surface area (Å²) >= 11 is 0. The van der Waals surface area contributed by atoms with Gasteiger partial charge in [-0.05, 0) is 12.5 Å². The molecular formula is C10H17N3O2S. The highest BCUT2D eigenvalue weighted by Crippen LogP contribution is 2.10. The van der Waals surface area contributed by atoms with Gasteiger partial charge < -0.3 is 5.32 Å². The lowest BCUT2D eigenvalue weighted by molar-refractivity contribution is 0.552. The SMILES string of the molecule is Cn1ccc(CCNC2CCS(=O)(=O)C2)n1. The van der Waals surface area contributed by atoms with Crippen LogP contribution >= 0.6 is 0 Å². The second-order valence-corrected chi connectivity index (χ2v) is 6.51. The molecule has 0 bridgehead atoms. The fourth-order valence-corrected chi connectivity index (χ4v) is 3.66. The first-order valence-electron chi connectivity index (χ1n) is 5.47. The van der Waals surface area contributed by atoms with Crippen LogP contribution in [-0.4, -0.2) is 42.3 Å². The Labute approximate surface area is 95.8 Å². The fraction of sp³-hybridized carbons (Fsp3) is 0.700. The van der Waals surface area contributed by atoms with Crippen LogP contribution in [0, 0.1) is 0 Å². The van der Waals surface area contributed by atoms with E-state index in [0.717, 1.165) is 25.1 Å². The van der Waals surface area contributed by atoms with Crippen LogP contribution < -0.4 is 5.32 Å². The minimum Gasteiger partial charge on any atom is -0.313 e. The maximum atomic E-state index is 11.2. The monoisotopic (exact) mass is 243 g/mol. The van der Waals surface area contributed by atoms with Crippen LogP contribution in [0.15, 0.2) is 12.3 Å². The zero-order valence-electron chi connectivity index (χ0n) is 9.39. The van der Waals surface area contributed by atoms with Gasteiger partial charge in [0, 0.05) is 32.3 Å². The van der Waals surface area contributed by atoms with Crippen molar-refractivity contribution >= 4 is 9.84 Å². The van der Waals surface area contributed by atoms with Gasteiger partial charge >= 0.3 is 0 Å². The standard InChI is InChI=1S/C10H17N3O2S/c1-13-6-3-9(12-13)2-5-11-10-4-7-16(14,15)8-10/h3,6,10-11H,2,4-5,7-8H2,1H3. The van der Waals surface area contributed by atoms with Gasteiger partial charge in [0.05, 0.1) is 17.2 Å². The molecule has 0 saturated carbocycles. The minimum atomic E-state index is -2.77. The molecule has 1 saturated heterocycles. The van der Waals surface area contributed by atoms with Crippen molar-refractivity contribution in [2.45, 2.75) is 18.9 Å². The van der Waals surface area contributed by atoms with Gasteiger partial charge in [-0.25, -0.2) is 8.42 Å². The zero-order chi connectivity index (χ0) is 11.6. The van der Waals surface area contributed by atoms with Gasteiger partial charge in [-0.2, -0.15) is 5.10 Å². The Hall–Kier alpha value is -0.880. The Bertz CT molecular complexity index is 452. The molecule has 1 atom stereocenters. The molecule has 1 fully saturated rings. The molecule has 1 aliphatic heterocycles. The average molecular weight is 243 g/mol. The van der Waals surface area contributed by atoms with Crippen LogP contribution in [0.5, 0.6) is 0 Å². The topological polar surface area (TPSA) is 64.0 Å². The lowest BCUT2D eigenvalue weighted by Gasteiger charge is -2.09. The molecule has 0 spiro atoms. The van der Waals surface area contributed by atoms with E-state index in [0.29, 0.717) is 5.75 Å². The summed E-state index contributed by atoms with van der Waals surface area (Å²) in [6.45, 7) is 0.789. The molecular weight excluding hydrogens is 226 g/mol. The summed E-state index contributed by atoms with van der Waals surface area (Å²) in [5, 5.41) is 7.53. The molecule has 0 aliphatic carbocycles. The molecule has 90 valence electrons. The quantitative estimate of drug-likeness (QED) is 0.791. The van der Waals surface area contributed by atoms with E-state index < -0.39 is 9.84 Å². The molecule has 5 nitrogen and oxygen atoms in total. The molecule has 6 heteroatoms. The van der Waals surface area contributed by atoms with E-state index in [-0.39, 0.29) is 11.8 Å². The minimum absolute atomic E-state index is 0.133. The van der Waals surface area contributed by atoms with Crippen LogP contribution in [0.3, 0.4) is 0 Å². The highest BCUT2D eigenvalue weighted by Gasteiger charge is 2.26. The van der Waals surface area contributed by atoms with Crippen molar-refractivity contribution in [3.8, 4) is 0 Å². The number of aryl methyl sites for hydroxylation is 1. The van der Waals surface area contributed by atoms with Crippen LogP contribution in [0.25, 0.3) is 0 Å². The lowest BCUT2D eigenvalue weighted by atomic mass is 10.2. The van der Waals surface area contributed by atoms with Crippen molar-refractivity contribution in [1.82, 2.24) is 15.1 Å². The Morgan fingerprint density at radius 3 is 3.00 bits per heavy atom. The molecule has 1 aliphatic rings. The second-order valence-electron chi connectivity index (χ2n) is 4.28.